The summed E-state index contributed by atoms with van der Waals surface area (Å²) in [4.78, 5) is 11.2. The number of carbonyl (C=O) groups is 1. The van der Waals surface area contributed by atoms with Gasteiger partial charge in [0.2, 0.25) is 0 Å². The van der Waals surface area contributed by atoms with Crippen molar-refractivity contribution >= 4 is 5.78 Å². The number of aryl methyl sites for hydroxylation is 2. The number of Topliss-reactive ketones (excluding diaryl/α,β-unsaturated/α-hetero) is 1. The molecule has 0 amide bonds. The van der Waals surface area contributed by atoms with E-state index in [9.17, 15) is 9.90 Å². The zero-order valence-corrected chi connectivity index (χ0v) is 9.92. The van der Waals surface area contributed by atoms with Gasteiger partial charge in [0.25, 0.3) is 0 Å². The molecule has 0 spiro atoms. The summed E-state index contributed by atoms with van der Waals surface area (Å²) in [7, 11) is 0. The molecule has 2 rings (SSSR count). The Labute approximate surface area is 96.3 Å². The highest BCUT2D eigenvalue weighted by Crippen LogP contribution is 2.37. The Kier molecular flexibility index (Phi) is 2.85. The summed E-state index contributed by atoms with van der Waals surface area (Å²) in [5.74, 6) is 0.273. The normalized spacial score (nSPS) is 19.8. The van der Waals surface area contributed by atoms with Gasteiger partial charge in [0, 0.05) is 12.8 Å². The molecule has 1 aromatic carbocycles. The first-order valence-corrected chi connectivity index (χ1v) is 5.83. The van der Waals surface area contributed by atoms with E-state index in [1.165, 1.54) is 0 Å². The highest BCUT2D eigenvalue weighted by Gasteiger charge is 2.34. The molecule has 1 saturated carbocycles. The van der Waals surface area contributed by atoms with E-state index < -0.39 is 5.60 Å². The first kappa shape index (κ1) is 11.3. The summed E-state index contributed by atoms with van der Waals surface area (Å²) < 4.78 is 0. The molecule has 1 aliphatic rings. The average molecular weight is 218 g/mol. The molecular weight excluding hydrogens is 200 g/mol. The minimum atomic E-state index is -0.788. The molecule has 1 fully saturated rings. The van der Waals surface area contributed by atoms with Crippen LogP contribution in [0.15, 0.2) is 18.2 Å². The van der Waals surface area contributed by atoms with E-state index in [1.54, 1.807) is 0 Å². The molecule has 0 atom stereocenters. The molecule has 0 unspecified atom stereocenters. The van der Waals surface area contributed by atoms with E-state index in [2.05, 4.69) is 6.07 Å². The van der Waals surface area contributed by atoms with Crippen LogP contribution in [0.25, 0.3) is 0 Å². The fourth-order valence-electron chi connectivity index (χ4n) is 2.45. The van der Waals surface area contributed by atoms with Crippen LogP contribution in [0.5, 0.6) is 0 Å². The number of hydrogen-bond acceptors (Lipinski definition) is 2. The third-order valence-corrected chi connectivity index (χ3v) is 3.53. The predicted molar refractivity (Wildman–Crippen MR) is 63.3 cm³/mol. The molecule has 0 aliphatic heterocycles. The van der Waals surface area contributed by atoms with Crippen molar-refractivity contribution < 1.29 is 9.90 Å². The van der Waals surface area contributed by atoms with Gasteiger partial charge < -0.3 is 5.11 Å². The second-order valence-electron chi connectivity index (χ2n) is 4.89. The van der Waals surface area contributed by atoms with Crippen molar-refractivity contribution in [3.8, 4) is 0 Å². The minimum Gasteiger partial charge on any atom is -0.385 e. The van der Waals surface area contributed by atoms with Crippen molar-refractivity contribution in [3.63, 3.8) is 0 Å². The first-order chi connectivity index (χ1) is 7.51. The fourth-order valence-corrected chi connectivity index (χ4v) is 2.45. The molecule has 0 aromatic heterocycles. The highest BCUT2D eigenvalue weighted by atomic mass is 16.3. The predicted octanol–water partition coefficient (Wildman–Crippen LogP) is 2.63. The molecule has 0 bridgehead atoms. The van der Waals surface area contributed by atoms with E-state index in [0.717, 1.165) is 16.7 Å². The zero-order chi connectivity index (χ0) is 11.8. The van der Waals surface area contributed by atoms with Crippen LogP contribution in [0.2, 0.25) is 0 Å². The summed E-state index contributed by atoms with van der Waals surface area (Å²) in [6.07, 6.45) is 2.14. The lowest BCUT2D eigenvalue weighted by molar-refractivity contribution is -0.125. The lowest BCUT2D eigenvalue weighted by atomic mass is 9.77. The van der Waals surface area contributed by atoms with Crippen LogP contribution < -0.4 is 0 Å². The Morgan fingerprint density at radius 1 is 1.19 bits per heavy atom. The van der Waals surface area contributed by atoms with Gasteiger partial charge in [0.05, 0.1) is 5.60 Å². The number of carbonyl (C=O) groups excluding carboxylic acids is 1. The van der Waals surface area contributed by atoms with E-state index in [0.29, 0.717) is 25.7 Å². The van der Waals surface area contributed by atoms with Gasteiger partial charge in [0.15, 0.2) is 0 Å². The quantitative estimate of drug-likeness (QED) is 0.786. The summed E-state index contributed by atoms with van der Waals surface area (Å²) in [6.45, 7) is 4.05. The van der Waals surface area contributed by atoms with Crippen LogP contribution in [-0.4, -0.2) is 10.9 Å². The maximum absolute atomic E-state index is 11.2. The van der Waals surface area contributed by atoms with Crippen molar-refractivity contribution in [2.75, 3.05) is 0 Å². The molecule has 0 saturated heterocycles. The van der Waals surface area contributed by atoms with Gasteiger partial charge in [-0.05, 0) is 37.8 Å². The molecule has 2 heteroatoms. The molecule has 1 aromatic rings. The summed E-state index contributed by atoms with van der Waals surface area (Å²) >= 11 is 0. The summed E-state index contributed by atoms with van der Waals surface area (Å²) in [5.41, 5.74) is 2.48. The van der Waals surface area contributed by atoms with Crippen LogP contribution in [0.3, 0.4) is 0 Å². The van der Waals surface area contributed by atoms with Crippen LogP contribution >= 0.6 is 0 Å². The standard InChI is InChI=1S/C14H18O2/c1-10-3-4-11(2)13(9-10)14(16)7-5-12(15)6-8-14/h3-4,9,16H,5-8H2,1-2H3. The van der Waals surface area contributed by atoms with Gasteiger partial charge in [-0.25, -0.2) is 0 Å². The van der Waals surface area contributed by atoms with Gasteiger partial charge in [-0.3, -0.25) is 4.79 Å². The Morgan fingerprint density at radius 3 is 2.44 bits per heavy atom. The largest absolute Gasteiger partial charge is 0.385 e. The number of rotatable bonds is 1. The lowest BCUT2D eigenvalue weighted by Crippen LogP contribution is -2.32. The maximum Gasteiger partial charge on any atom is 0.133 e. The van der Waals surface area contributed by atoms with E-state index in [-0.39, 0.29) is 5.78 Å². The number of aliphatic hydroxyl groups is 1. The smallest absolute Gasteiger partial charge is 0.133 e. The summed E-state index contributed by atoms with van der Waals surface area (Å²) in [5, 5.41) is 10.6. The van der Waals surface area contributed by atoms with Gasteiger partial charge in [-0.1, -0.05) is 23.8 Å². The van der Waals surface area contributed by atoms with Gasteiger partial charge in [-0.15, -0.1) is 0 Å². The monoisotopic (exact) mass is 218 g/mol. The SMILES string of the molecule is Cc1ccc(C)c(C2(O)CCC(=O)CC2)c1. The van der Waals surface area contributed by atoms with Crippen LogP contribution in [0.1, 0.15) is 42.4 Å². The maximum atomic E-state index is 11.2. The topological polar surface area (TPSA) is 37.3 Å². The second-order valence-corrected chi connectivity index (χ2v) is 4.89. The molecule has 1 aliphatic carbocycles. The van der Waals surface area contributed by atoms with Crippen molar-refractivity contribution in [1.29, 1.82) is 0 Å². The van der Waals surface area contributed by atoms with Crippen LogP contribution in [0.4, 0.5) is 0 Å². The first-order valence-electron chi connectivity index (χ1n) is 5.83. The Morgan fingerprint density at radius 2 is 1.81 bits per heavy atom. The molecule has 1 N–H and O–H groups in total. The van der Waals surface area contributed by atoms with Crippen molar-refractivity contribution in [1.82, 2.24) is 0 Å². The number of benzene rings is 1. The Bertz CT molecular complexity index is 411. The zero-order valence-electron chi connectivity index (χ0n) is 9.92. The number of hydrogen-bond donors (Lipinski definition) is 1. The van der Waals surface area contributed by atoms with E-state index >= 15 is 0 Å². The summed E-state index contributed by atoms with van der Waals surface area (Å²) in [6, 6.07) is 6.14. The molecular formula is C14H18O2. The van der Waals surface area contributed by atoms with Crippen molar-refractivity contribution in [2.24, 2.45) is 0 Å². The van der Waals surface area contributed by atoms with Crippen LogP contribution in [0, 0.1) is 13.8 Å². The van der Waals surface area contributed by atoms with Crippen LogP contribution in [-0.2, 0) is 10.4 Å². The van der Waals surface area contributed by atoms with E-state index in [1.807, 2.05) is 26.0 Å². The average Bonchev–Trinajstić information content (AvgIpc) is 2.26. The number of ketones is 1. The fraction of sp³-hybridized carbons (Fsp3) is 0.500. The molecule has 16 heavy (non-hydrogen) atoms. The van der Waals surface area contributed by atoms with Gasteiger partial charge in [0.1, 0.15) is 5.78 Å². The Balaban J connectivity index is 2.35. The van der Waals surface area contributed by atoms with Gasteiger partial charge in [-0.2, -0.15) is 0 Å². The molecule has 2 nitrogen and oxygen atoms in total. The highest BCUT2D eigenvalue weighted by molar-refractivity contribution is 5.79. The minimum absolute atomic E-state index is 0.273. The van der Waals surface area contributed by atoms with Gasteiger partial charge >= 0.3 is 0 Å². The molecule has 86 valence electrons. The Hall–Kier alpha value is -1.15. The molecule has 0 radical (unpaired) electrons. The van der Waals surface area contributed by atoms with Crippen molar-refractivity contribution in [2.45, 2.75) is 45.1 Å². The van der Waals surface area contributed by atoms with Crippen molar-refractivity contribution in [3.05, 3.63) is 34.9 Å². The third-order valence-electron chi connectivity index (χ3n) is 3.53. The second kappa shape index (κ2) is 4.02. The van der Waals surface area contributed by atoms with E-state index in [4.69, 9.17) is 0 Å². The molecule has 0 heterocycles. The third kappa shape index (κ3) is 2.03. The lowest BCUT2D eigenvalue weighted by Gasteiger charge is -2.33.